The molecule has 2 aromatic rings. The fraction of sp³-hybridized carbons (Fsp3) is 0.222. The fourth-order valence-electron chi connectivity index (χ4n) is 2.65. The molecule has 2 aromatic carbocycles. The van der Waals surface area contributed by atoms with Gasteiger partial charge in [-0.2, -0.15) is 0 Å². The molecular weight excluding hydrogens is 338 g/mol. The van der Waals surface area contributed by atoms with Gasteiger partial charge in [-0.25, -0.2) is 0 Å². The van der Waals surface area contributed by atoms with E-state index in [1.165, 1.54) is 18.2 Å². The summed E-state index contributed by atoms with van der Waals surface area (Å²) in [5, 5.41) is 16.1. The van der Waals surface area contributed by atoms with Crippen LogP contribution in [0.5, 0.6) is 0 Å². The van der Waals surface area contributed by atoms with E-state index in [-0.39, 0.29) is 11.6 Å². The molecule has 3 rings (SSSR count). The monoisotopic (exact) mass is 355 g/mol. The summed E-state index contributed by atoms with van der Waals surface area (Å²) in [4.78, 5) is 34.7. The molecule has 0 spiro atoms. The fourth-order valence-corrected chi connectivity index (χ4v) is 2.65. The van der Waals surface area contributed by atoms with Gasteiger partial charge in [-0.1, -0.05) is 12.1 Å². The van der Waals surface area contributed by atoms with Gasteiger partial charge >= 0.3 is 0 Å². The number of anilines is 2. The molecule has 26 heavy (non-hydrogen) atoms. The van der Waals surface area contributed by atoms with Crippen molar-refractivity contribution < 1.29 is 19.2 Å². The van der Waals surface area contributed by atoms with Crippen LogP contribution in [0.15, 0.2) is 48.5 Å². The Bertz CT molecular complexity index is 846. The van der Waals surface area contributed by atoms with E-state index < -0.39 is 16.9 Å². The Balaban J connectivity index is 1.69. The molecule has 0 saturated carbocycles. The highest BCUT2D eigenvalue weighted by atomic mass is 16.6. The van der Waals surface area contributed by atoms with Crippen LogP contribution in [0.1, 0.15) is 23.2 Å². The number of carbonyl (C=O) groups is 2. The van der Waals surface area contributed by atoms with Crippen LogP contribution in [-0.4, -0.2) is 29.4 Å². The highest BCUT2D eigenvalue weighted by molar-refractivity contribution is 6.05. The van der Waals surface area contributed by atoms with Gasteiger partial charge in [-0.05, 0) is 37.1 Å². The molecule has 1 aliphatic heterocycles. The molecule has 8 nitrogen and oxygen atoms in total. The summed E-state index contributed by atoms with van der Waals surface area (Å²) in [5.74, 6) is -0.669. The minimum atomic E-state index is -0.531. The summed E-state index contributed by atoms with van der Waals surface area (Å²) in [6.45, 7) is 0.573. The van der Waals surface area contributed by atoms with Gasteiger partial charge in [0.05, 0.1) is 4.92 Å². The normalized spacial score (nSPS) is 16.1. The number of nitrogens with one attached hydrogen (secondary N) is 2. The van der Waals surface area contributed by atoms with E-state index in [0.717, 1.165) is 6.42 Å². The van der Waals surface area contributed by atoms with Crippen LogP contribution in [0.4, 0.5) is 17.1 Å². The van der Waals surface area contributed by atoms with Crippen molar-refractivity contribution in [2.24, 2.45) is 0 Å². The molecule has 8 heteroatoms. The number of nitrogens with zero attached hydrogens (tertiary/aromatic N) is 1. The number of rotatable bonds is 5. The number of carbonyl (C=O) groups excluding carboxylic acids is 2. The van der Waals surface area contributed by atoms with Crippen molar-refractivity contribution >= 4 is 28.9 Å². The first-order valence-corrected chi connectivity index (χ1v) is 8.11. The van der Waals surface area contributed by atoms with Gasteiger partial charge in [0.15, 0.2) is 0 Å². The van der Waals surface area contributed by atoms with E-state index in [0.29, 0.717) is 30.0 Å². The van der Waals surface area contributed by atoms with Crippen molar-refractivity contribution in [3.8, 4) is 0 Å². The number of amides is 2. The quantitative estimate of drug-likeness (QED) is 0.633. The van der Waals surface area contributed by atoms with Crippen LogP contribution >= 0.6 is 0 Å². The van der Waals surface area contributed by atoms with Gasteiger partial charge in [0.1, 0.15) is 6.10 Å². The average Bonchev–Trinajstić information content (AvgIpc) is 3.17. The van der Waals surface area contributed by atoms with Gasteiger partial charge in [-0.15, -0.1) is 0 Å². The van der Waals surface area contributed by atoms with Crippen molar-refractivity contribution in [3.05, 3.63) is 64.2 Å². The van der Waals surface area contributed by atoms with E-state index in [1.807, 2.05) is 0 Å². The highest BCUT2D eigenvalue weighted by Gasteiger charge is 2.23. The number of nitro benzene ring substituents is 1. The van der Waals surface area contributed by atoms with Gasteiger partial charge < -0.3 is 15.4 Å². The predicted octanol–water partition coefficient (Wildman–Crippen LogP) is 2.96. The zero-order chi connectivity index (χ0) is 18.5. The molecule has 0 aromatic heterocycles. The van der Waals surface area contributed by atoms with Crippen LogP contribution in [-0.2, 0) is 9.53 Å². The Morgan fingerprint density at radius 1 is 1.08 bits per heavy atom. The van der Waals surface area contributed by atoms with Gasteiger partial charge in [0, 0.05) is 35.7 Å². The number of non-ortho nitro benzene ring substituents is 1. The number of hydrogen-bond donors (Lipinski definition) is 2. The Hall–Kier alpha value is -3.26. The van der Waals surface area contributed by atoms with Crippen LogP contribution in [0.2, 0.25) is 0 Å². The Morgan fingerprint density at radius 2 is 1.81 bits per heavy atom. The zero-order valence-electron chi connectivity index (χ0n) is 13.8. The lowest BCUT2D eigenvalue weighted by Gasteiger charge is -2.11. The SMILES string of the molecule is O=C(Nc1cccc([N+](=O)[O-])c1)c1cccc(NC(=O)[C@@H]2CCCO2)c1. The van der Waals surface area contributed by atoms with E-state index >= 15 is 0 Å². The molecule has 0 bridgehead atoms. The maximum atomic E-state index is 12.4. The second kappa shape index (κ2) is 7.75. The lowest BCUT2D eigenvalue weighted by Crippen LogP contribution is -2.27. The van der Waals surface area contributed by atoms with Crippen LogP contribution in [0.25, 0.3) is 0 Å². The number of ether oxygens (including phenoxy) is 1. The van der Waals surface area contributed by atoms with Crippen molar-refractivity contribution in [3.63, 3.8) is 0 Å². The molecule has 1 heterocycles. The molecular formula is C18H17N3O5. The van der Waals surface area contributed by atoms with E-state index in [2.05, 4.69) is 10.6 Å². The lowest BCUT2D eigenvalue weighted by atomic mass is 10.1. The average molecular weight is 355 g/mol. The summed E-state index contributed by atoms with van der Waals surface area (Å²) in [6.07, 6.45) is 1.07. The van der Waals surface area contributed by atoms with Crippen molar-refractivity contribution in [1.82, 2.24) is 0 Å². The van der Waals surface area contributed by atoms with Crippen molar-refractivity contribution in [1.29, 1.82) is 0 Å². The first-order valence-electron chi connectivity index (χ1n) is 8.11. The van der Waals surface area contributed by atoms with Crippen molar-refractivity contribution in [2.75, 3.05) is 17.2 Å². The molecule has 0 radical (unpaired) electrons. The summed E-state index contributed by atoms with van der Waals surface area (Å²) < 4.78 is 5.33. The van der Waals surface area contributed by atoms with Gasteiger partial charge in [0.2, 0.25) is 0 Å². The Morgan fingerprint density at radius 3 is 2.50 bits per heavy atom. The third-order valence-electron chi connectivity index (χ3n) is 3.93. The first kappa shape index (κ1) is 17.6. The van der Waals surface area contributed by atoms with E-state index in [9.17, 15) is 19.7 Å². The predicted molar refractivity (Wildman–Crippen MR) is 95.1 cm³/mol. The molecule has 1 saturated heterocycles. The van der Waals surface area contributed by atoms with Gasteiger partial charge in [-0.3, -0.25) is 19.7 Å². The third kappa shape index (κ3) is 4.22. The minimum absolute atomic E-state index is 0.111. The topological polar surface area (TPSA) is 111 Å². The van der Waals surface area contributed by atoms with Crippen molar-refractivity contribution in [2.45, 2.75) is 18.9 Å². The van der Waals surface area contributed by atoms with Crippen LogP contribution in [0, 0.1) is 10.1 Å². The van der Waals surface area contributed by atoms with Crippen LogP contribution < -0.4 is 10.6 Å². The first-order chi connectivity index (χ1) is 12.5. The zero-order valence-corrected chi connectivity index (χ0v) is 13.8. The summed E-state index contributed by atoms with van der Waals surface area (Å²) >= 11 is 0. The number of nitro groups is 1. The van der Waals surface area contributed by atoms with Crippen LogP contribution in [0.3, 0.4) is 0 Å². The molecule has 1 aliphatic rings. The summed E-state index contributed by atoms with van der Waals surface area (Å²) in [5.41, 5.74) is 1.01. The number of hydrogen-bond acceptors (Lipinski definition) is 5. The maximum Gasteiger partial charge on any atom is 0.271 e. The largest absolute Gasteiger partial charge is 0.368 e. The third-order valence-corrected chi connectivity index (χ3v) is 3.93. The molecule has 2 N–H and O–H groups in total. The van der Waals surface area contributed by atoms with E-state index in [4.69, 9.17) is 4.74 Å². The van der Waals surface area contributed by atoms with E-state index in [1.54, 1.807) is 30.3 Å². The maximum absolute atomic E-state index is 12.4. The second-order valence-electron chi connectivity index (χ2n) is 5.83. The minimum Gasteiger partial charge on any atom is -0.368 e. The number of benzene rings is 2. The lowest BCUT2D eigenvalue weighted by molar-refractivity contribution is -0.384. The smallest absolute Gasteiger partial charge is 0.271 e. The summed E-state index contributed by atoms with van der Waals surface area (Å²) in [6, 6.07) is 12.1. The summed E-state index contributed by atoms with van der Waals surface area (Å²) in [7, 11) is 0. The van der Waals surface area contributed by atoms with Gasteiger partial charge in [0.25, 0.3) is 17.5 Å². The standard InChI is InChI=1S/C18H17N3O5/c22-17(19-14-6-2-7-15(11-14)21(24)25)12-4-1-5-13(10-12)20-18(23)16-8-3-9-26-16/h1-2,4-7,10-11,16H,3,8-9H2,(H,19,22)(H,20,23)/t16-/m0/s1. The Kier molecular flexibility index (Phi) is 5.23. The second-order valence-corrected chi connectivity index (χ2v) is 5.83. The highest BCUT2D eigenvalue weighted by Crippen LogP contribution is 2.19. The molecule has 2 amide bonds. The molecule has 0 unspecified atom stereocenters. The molecule has 0 aliphatic carbocycles. The molecule has 1 atom stereocenters. The Labute approximate surface area is 149 Å². The molecule has 1 fully saturated rings. The molecule has 134 valence electrons.